The second-order valence-electron chi connectivity index (χ2n) is 13.2. The van der Waals surface area contributed by atoms with Crippen molar-refractivity contribution in [2.75, 3.05) is 10.0 Å². The van der Waals surface area contributed by atoms with Crippen molar-refractivity contribution < 1.29 is 31.6 Å². The highest BCUT2D eigenvalue weighted by molar-refractivity contribution is 7.92. The summed E-state index contributed by atoms with van der Waals surface area (Å²) in [6.07, 6.45) is 0.360. The van der Waals surface area contributed by atoms with Crippen molar-refractivity contribution in [1.29, 1.82) is 0 Å². The molecule has 0 aliphatic carbocycles. The zero-order valence-electron chi connectivity index (χ0n) is 29.2. The molecular weight excluding hydrogens is 683 g/mol. The summed E-state index contributed by atoms with van der Waals surface area (Å²) in [5, 5.41) is 5.06. The van der Waals surface area contributed by atoms with Crippen LogP contribution < -0.4 is 26.6 Å². The second kappa shape index (κ2) is 14.8. The van der Waals surface area contributed by atoms with Crippen LogP contribution in [0.4, 0.5) is 20.2 Å². The number of carbonyl (C=O) groups is 3. The van der Waals surface area contributed by atoms with Gasteiger partial charge in [0, 0.05) is 35.5 Å². The van der Waals surface area contributed by atoms with Crippen molar-refractivity contribution in [2.45, 2.75) is 58.4 Å². The Bertz CT molecular complexity index is 2210. The number of carbonyl (C=O) groups excluding carboxylic acids is 3. The summed E-state index contributed by atoms with van der Waals surface area (Å²) in [7, 11) is -1.60. The van der Waals surface area contributed by atoms with Crippen LogP contribution in [0.2, 0.25) is 0 Å². The van der Waals surface area contributed by atoms with E-state index >= 15 is 8.78 Å². The quantitative estimate of drug-likeness (QED) is 0.200. The summed E-state index contributed by atoms with van der Waals surface area (Å²) in [6, 6.07) is 11.6. The lowest BCUT2D eigenvalue weighted by molar-refractivity contribution is -0.123. The maximum atomic E-state index is 15.1. The number of amides is 2. The first-order valence-electron chi connectivity index (χ1n) is 15.8. The number of rotatable bonds is 11. The summed E-state index contributed by atoms with van der Waals surface area (Å²) in [6.45, 7) is 8.45. The Kier molecular flexibility index (Phi) is 11.2. The van der Waals surface area contributed by atoms with Crippen LogP contribution in [0, 0.1) is 30.9 Å². The van der Waals surface area contributed by atoms with Gasteiger partial charge in [-0.3, -0.25) is 19.1 Å². The van der Waals surface area contributed by atoms with Gasteiger partial charge in [-0.15, -0.1) is 0 Å². The minimum Gasteiger partial charge on any atom is -0.343 e. The Morgan fingerprint density at radius 2 is 1.53 bits per heavy atom. The second-order valence-corrected chi connectivity index (χ2v) is 14.9. The molecule has 1 atom stereocenters. The van der Waals surface area contributed by atoms with Crippen LogP contribution in [-0.2, 0) is 33.1 Å². The van der Waals surface area contributed by atoms with E-state index < -0.39 is 67.2 Å². The number of nitrogens with zero attached hydrogens (tertiary/aromatic N) is 2. The summed E-state index contributed by atoms with van der Waals surface area (Å²) < 4.78 is 60.4. The molecular formula is C35H38BF2N5O7S. The third-order valence-corrected chi connectivity index (χ3v) is 9.79. The average Bonchev–Trinajstić information content (AvgIpc) is 3.06. The van der Waals surface area contributed by atoms with E-state index in [0.717, 1.165) is 4.57 Å². The normalized spacial score (nSPS) is 12.2. The van der Waals surface area contributed by atoms with Gasteiger partial charge in [0.2, 0.25) is 5.91 Å². The molecule has 16 heteroatoms. The van der Waals surface area contributed by atoms with E-state index in [9.17, 15) is 32.4 Å². The molecule has 0 aliphatic heterocycles. The Morgan fingerprint density at radius 1 is 0.922 bits per heavy atom. The zero-order valence-corrected chi connectivity index (χ0v) is 30.0. The van der Waals surface area contributed by atoms with E-state index in [0.29, 0.717) is 40.3 Å². The van der Waals surface area contributed by atoms with Crippen molar-refractivity contribution >= 4 is 46.7 Å². The Balaban J connectivity index is 1.44. The minimum atomic E-state index is -4.40. The highest BCUT2D eigenvalue weighted by Crippen LogP contribution is 2.25. The largest absolute Gasteiger partial charge is 0.343 e. The summed E-state index contributed by atoms with van der Waals surface area (Å²) in [5.41, 5.74) is -1.18. The predicted molar refractivity (Wildman–Crippen MR) is 192 cm³/mol. The number of sulfonamides is 1. The van der Waals surface area contributed by atoms with Crippen molar-refractivity contribution in [3.05, 3.63) is 116 Å². The topological polar surface area (TPSA) is 165 Å². The van der Waals surface area contributed by atoms with Gasteiger partial charge in [0.25, 0.3) is 21.5 Å². The van der Waals surface area contributed by atoms with E-state index in [1.165, 1.54) is 36.7 Å². The molecule has 0 unspecified atom stereocenters. The highest BCUT2D eigenvalue weighted by atomic mass is 32.2. The fourth-order valence-electron chi connectivity index (χ4n) is 4.96. The average molecular weight is 722 g/mol. The van der Waals surface area contributed by atoms with Gasteiger partial charge >= 0.3 is 5.69 Å². The smallest absolute Gasteiger partial charge is 0.335 e. The van der Waals surface area contributed by atoms with Crippen LogP contribution in [0.3, 0.4) is 0 Å². The SMILES string of the molecule is BC(=O)[C@H](CCc1ccc(-n2c(=O)c(C)c(C)n(C)c2=O)cc1)NC(=O)c1cc(F)c(NS(=O)(=O)c2ccc(NC(=O)C(C)(C)C)cc2)cc1F. The molecule has 3 N–H and O–H groups in total. The zero-order chi connectivity index (χ0) is 38.0. The predicted octanol–water partition coefficient (Wildman–Crippen LogP) is 3.11. The first-order chi connectivity index (χ1) is 23.7. The molecule has 51 heavy (non-hydrogen) atoms. The van der Waals surface area contributed by atoms with E-state index in [1.807, 2.05) is 4.72 Å². The molecule has 0 spiro atoms. The number of halogens is 2. The Labute approximate surface area is 294 Å². The van der Waals surface area contributed by atoms with E-state index in [4.69, 9.17) is 0 Å². The number of benzene rings is 3. The third kappa shape index (κ3) is 8.68. The van der Waals surface area contributed by atoms with Gasteiger partial charge in [0.1, 0.15) is 17.3 Å². The van der Waals surface area contributed by atoms with Crippen LogP contribution >= 0.6 is 0 Å². The van der Waals surface area contributed by atoms with Crippen molar-refractivity contribution in [2.24, 2.45) is 12.5 Å². The standard InChI is InChI=1S/C35H38BF2N5O7S/c1-19-20(2)42(6)34(48)43(32(19)46)23-12-7-21(8-13-23)9-16-28(30(36)44)40-31(45)25-17-27(38)29(18-26(25)37)41-51(49,50)24-14-10-22(11-15-24)39-33(47)35(3,4)5/h7-8,10-15,17-18,28,41H,9,16,36H2,1-6H3,(H,39,47)(H,40,45)/t28-/m0/s1. The van der Waals surface area contributed by atoms with Crippen molar-refractivity contribution in [3.8, 4) is 5.69 Å². The molecule has 0 bridgehead atoms. The lowest BCUT2D eigenvalue weighted by atomic mass is 9.90. The van der Waals surface area contributed by atoms with E-state index in [1.54, 1.807) is 65.9 Å². The van der Waals surface area contributed by atoms with E-state index in [-0.39, 0.29) is 23.6 Å². The molecule has 268 valence electrons. The molecule has 1 heterocycles. The van der Waals surface area contributed by atoms with Gasteiger partial charge in [-0.25, -0.2) is 26.6 Å². The molecule has 0 saturated carbocycles. The maximum Gasteiger partial charge on any atom is 0.335 e. The molecule has 1 aromatic heterocycles. The monoisotopic (exact) mass is 721 g/mol. The molecule has 4 rings (SSSR count). The number of hydrogen-bond donors (Lipinski definition) is 3. The van der Waals surface area contributed by atoms with Crippen LogP contribution in [0.15, 0.2) is 75.1 Å². The van der Waals surface area contributed by atoms with Gasteiger partial charge in [-0.2, -0.15) is 0 Å². The number of anilines is 2. The number of aryl methyl sites for hydroxylation is 1. The molecule has 0 saturated heterocycles. The van der Waals surface area contributed by atoms with Crippen LogP contribution in [0.25, 0.3) is 5.69 Å². The Hall–Kier alpha value is -5.38. The number of hydrogen-bond acceptors (Lipinski definition) is 7. The first-order valence-corrected chi connectivity index (χ1v) is 17.3. The van der Waals surface area contributed by atoms with Gasteiger partial charge in [-0.05, 0) is 74.7 Å². The first kappa shape index (κ1) is 38.4. The summed E-state index contributed by atoms with van der Waals surface area (Å²) in [5.74, 6) is -3.86. The highest BCUT2D eigenvalue weighted by Gasteiger charge is 2.25. The summed E-state index contributed by atoms with van der Waals surface area (Å²) >= 11 is 0. The molecule has 3 aromatic carbocycles. The van der Waals surface area contributed by atoms with Crippen LogP contribution in [0.5, 0.6) is 0 Å². The fraction of sp³-hybridized carbons (Fsp3) is 0.286. The van der Waals surface area contributed by atoms with E-state index in [2.05, 4.69) is 10.6 Å². The lowest BCUT2D eigenvalue weighted by Crippen LogP contribution is -2.41. The molecule has 0 radical (unpaired) electrons. The van der Waals surface area contributed by atoms with Gasteiger partial charge < -0.3 is 20.0 Å². The number of aromatic nitrogens is 2. The van der Waals surface area contributed by atoms with Crippen molar-refractivity contribution in [3.63, 3.8) is 0 Å². The van der Waals surface area contributed by atoms with Crippen LogP contribution in [-0.4, -0.2) is 48.9 Å². The molecule has 12 nitrogen and oxygen atoms in total. The molecule has 0 fully saturated rings. The minimum absolute atomic E-state index is 0.0897. The molecule has 0 aliphatic rings. The molecule has 4 aromatic rings. The lowest BCUT2D eigenvalue weighted by Gasteiger charge is -2.18. The van der Waals surface area contributed by atoms with Crippen molar-refractivity contribution in [1.82, 2.24) is 14.5 Å². The van der Waals surface area contributed by atoms with Gasteiger partial charge in [0.15, 0.2) is 7.85 Å². The third-order valence-electron chi connectivity index (χ3n) is 8.41. The fourth-order valence-corrected chi connectivity index (χ4v) is 6.01. The Morgan fingerprint density at radius 3 is 2.10 bits per heavy atom. The van der Waals surface area contributed by atoms with Crippen LogP contribution in [0.1, 0.15) is 54.4 Å². The number of nitrogens with one attached hydrogen (secondary N) is 3. The maximum absolute atomic E-state index is 15.1. The summed E-state index contributed by atoms with van der Waals surface area (Å²) in [4.78, 5) is 62.8. The van der Waals surface area contributed by atoms with Gasteiger partial charge in [0.05, 0.1) is 27.9 Å². The molecule has 2 amide bonds. The van der Waals surface area contributed by atoms with Gasteiger partial charge in [-0.1, -0.05) is 32.9 Å².